The van der Waals surface area contributed by atoms with E-state index in [1.54, 1.807) is 18.2 Å². The van der Waals surface area contributed by atoms with Crippen molar-refractivity contribution in [2.75, 3.05) is 0 Å². The Hall–Kier alpha value is -0.990. The average Bonchev–Trinajstić information content (AvgIpc) is 2.08. The highest BCUT2D eigenvalue weighted by Crippen LogP contribution is 2.25. The number of hydrogen-bond acceptors (Lipinski definition) is 1. The fourth-order valence-electron chi connectivity index (χ4n) is 1.15. The Labute approximate surface area is 84.1 Å². The van der Waals surface area contributed by atoms with Crippen molar-refractivity contribution in [2.24, 2.45) is 0 Å². The lowest BCUT2D eigenvalue weighted by Gasteiger charge is -1.99. The quantitative estimate of drug-likeness (QED) is 0.718. The molecule has 66 valence electrons. The number of aromatic nitrogens is 1. The predicted octanol–water partition coefficient (Wildman–Crippen LogP) is 2.83. The Morgan fingerprint density at radius 2 is 1.77 bits per heavy atom. The largest absolute Gasteiger partial charge is 0.322 e. The SMILES string of the molecule is O=c1ccc2cc(Cl)c(Cl)cc2[nH]1. The topological polar surface area (TPSA) is 32.9 Å². The number of benzene rings is 1. The Morgan fingerprint density at radius 1 is 1.08 bits per heavy atom. The molecular formula is C9H5Cl2NO. The first-order chi connectivity index (χ1) is 6.16. The molecule has 1 aromatic heterocycles. The summed E-state index contributed by atoms with van der Waals surface area (Å²) in [7, 11) is 0. The highest BCUT2D eigenvalue weighted by Gasteiger charge is 2.00. The fourth-order valence-corrected chi connectivity index (χ4v) is 1.48. The maximum Gasteiger partial charge on any atom is 0.248 e. The summed E-state index contributed by atoms with van der Waals surface area (Å²) in [4.78, 5) is 13.6. The lowest BCUT2D eigenvalue weighted by molar-refractivity contribution is 1.31. The number of pyridine rings is 1. The van der Waals surface area contributed by atoms with Gasteiger partial charge in [-0.2, -0.15) is 0 Å². The van der Waals surface area contributed by atoms with E-state index in [0.29, 0.717) is 15.6 Å². The molecule has 0 saturated carbocycles. The van der Waals surface area contributed by atoms with E-state index in [1.807, 2.05) is 0 Å². The van der Waals surface area contributed by atoms with E-state index in [-0.39, 0.29) is 5.56 Å². The molecule has 0 fully saturated rings. The zero-order chi connectivity index (χ0) is 9.42. The van der Waals surface area contributed by atoms with Crippen LogP contribution in [-0.4, -0.2) is 4.98 Å². The van der Waals surface area contributed by atoms with Crippen LogP contribution in [0.25, 0.3) is 10.9 Å². The Morgan fingerprint density at radius 3 is 2.54 bits per heavy atom. The van der Waals surface area contributed by atoms with Gasteiger partial charge in [-0.05, 0) is 23.6 Å². The molecule has 0 saturated heterocycles. The van der Waals surface area contributed by atoms with Crippen LogP contribution in [0.5, 0.6) is 0 Å². The molecule has 0 atom stereocenters. The first-order valence-corrected chi connectivity index (χ1v) is 4.40. The maximum atomic E-state index is 10.9. The van der Waals surface area contributed by atoms with Gasteiger partial charge in [-0.15, -0.1) is 0 Å². The van der Waals surface area contributed by atoms with Crippen molar-refractivity contribution in [3.8, 4) is 0 Å². The van der Waals surface area contributed by atoms with Crippen LogP contribution in [-0.2, 0) is 0 Å². The number of aromatic amines is 1. The molecule has 13 heavy (non-hydrogen) atoms. The Balaban J connectivity index is 2.89. The van der Waals surface area contributed by atoms with E-state index in [4.69, 9.17) is 23.2 Å². The van der Waals surface area contributed by atoms with Crippen LogP contribution >= 0.6 is 23.2 Å². The minimum absolute atomic E-state index is 0.147. The van der Waals surface area contributed by atoms with E-state index >= 15 is 0 Å². The lowest BCUT2D eigenvalue weighted by Crippen LogP contribution is -2.01. The van der Waals surface area contributed by atoms with Gasteiger partial charge in [-0.3, -0.25) is 4.79 Å². The fraction of sp³-hybridized carbons (Fsp3) is 0. The maximum absolute atomic E-state index is 10.9. The summed E-state index contributed by atoms with van der Waals surface area (Å²) in [5.74, 6) is 0. The predicted molar refractivity (Wildman–Crippen MR) is 54.6 cm³/mol. The van der Waals surface area contributed by atoms with Crippen molar-refractivity contribution in [1.82, 2.24) is 4.98 Å². The van der Waals surface area contributed by atoms with E-state index < -0.39 is 0 Å². The van der Waals surface area contributed by atoms with Gasteiger partial charge in [0.15, 0.2) is 0 Å². The second-order valence-electron chi connectivity index (χ2n) is 2.68. The highest BCUT2D eigenvalue weighted by atomic mass is 35.5. The first kappa shape index (κ1) is 8.60. The van der Waals surface area contributed by atoms with Gasteiger partial charge in [0.2, 0.25) is 5.56 Å². The summed E-state index contributed by atoms with van der Waals surface area (Å²) >= 11 is 11.6. The Bertz CT molecular complexity index is 518. The van der Waals surface area contributed by atoms with Crippen molar-refractivity contribution in [2.45, 2.75) is 0 Å². The van der Waals surface area contributed by atoms with Crippen LogP contribution in [0.15, 0.2) is 29.1 Å². The standard InChI is InChI=1S/C9H5Cl2NO/c10-6-3-5-1-2-9(13)12-8(5)4-7(6)11/h1-4H,(H,12,13). The minimum Gasteiger partial charge on any atom is -0.322 e. The molecule has 1 heterocycles. The lowest BCUT2D eigenvalue weighted by atomic mass is 10.2. The van der Waals surface area contributed by atoms with Gasteiger partial charge in [-0.1, -0.05) is 23.2 Å². The van der Waals surface area contributed by atoms with Crippen LogP contribution < -0.4 is 5.56 Å². The number of rotatable bonds is 0. The third kappa shape index (κ3) is 1.55. The Kier molecular flexibility index (Phi) is 2.02. The van der Waals surface area contributed by atoms with Crippen molar-refractivity contribution >= 4 is 34.1 Å². The van der Waals surface area contributed by atoms with Crippen LogP contribution in [0, 0.1) is 0 Å². The smallest absolute Gasteiger partial charge is 0.248 e. The molecule has 2 rings (SSSR count). The summed E-state index contributed by atoms with van der Waals surface area (Å²) in [6, 6.07) is 6.51. The molecule has 2 aromatic rings. The highest BCUT2D eigenvalue weighted by molar-refractivity contribution is 6.42. The van der Waals surface area contributed by atoms with Crippen molar-refractivity contribution < 1.29 is 0 Å². The van der Waals surface area contributed by atoms with Crippen molar-refractivity contribution in [1.29, 1.82) is 0 Å². The second-order valence-corrected chi connectivity index (χ2v) is 3.49. The number of H-pyrrole nitrogens is 1. The summed E-state index contributed by atoms with van der Waals surface area (Å²) in [6.07, 6.45) is 0. The molecule has 2 nitrogen and oxygen atoms in total. The summed E-state index contributed by atoms with van der Waals surface area (Å²) < 4.78 is 0. The molecule has 0 aliphatic heterocycles. The number of nitrogens with one attached hydrogen (secondary N) is 1. The van der Waals surface area contributed by atoms with Crippen LogP contribution in [0.1, 0.15) is 0 Å². The average molecular weight is 214 g/mol. The van der Waals surface area contributed by atoms with Gasteiger partial charge in [0.25, 0.3) is 0 Å². The molecule has 0 amide bonds. The van der Waals surface area contributed by atoms with Crippen molar-refractivity contribution in [3.05, 3.63) is 44.7 Å². The molecule has 0 radical (unpaired) electrons. The zero-order valence-electron chi connectivity index (χ0n) is 6.47. The van der Waals surface area contributed by atoms with Gasteiger partial charge in [0.05, 0.1) is 10.0 Å². The molecule has 0 unspecified atom stereocenters. The van der Waals surface area contributed by atoms with Crippen molar-refractivity contribution in [3.63, 3.8) is 0 Å². The first-order valence-electron chi connectivity index (χ1n) is 3.65. The molecule has 0 spiro atoms. The monoisotopic (exact) mass is 213 g/mol. The minimum atomic E-state index is -0.147. The number of fused-ring (bicyclic) bond motifs is 1. The molecule has 0 aliphatic carbocycles. The van der Waals surface area contributed by atoms with Gasteiger partial charge >= 0.3 is 0 Å². The summed E-state index contributed by atoms with van der Waals surface area (Å²) in [5, 5.41) is 1.80. The van der Waals surface area contributed by atoms with E-state index in [1.165, 1.54) is 6.07 Å². The van der Waals surface area contributed by atoms with Gasteiger partial charge in [0.1, 0.15) is 0 Å². The molecular weight excluding hydrogens is 209 g/mol. The third-order valence-electron chi connectivity index (χ3n) is 1.76. The summed E-state index contributed by atoms with van der Waals surface area (Å²) in [6.45, 7) is 0. The van der Waals surface area contributed by atoms with E-state index in [0.717, 1.165) is 5.39 Å². The number of halogens is 2. The van der Waals surface area contributed by atoms with Gasteiger partial charge < -0.3 is 4.98 Å². The molecule has 0 bridgehead atoms. The number of hydrogen-bond donors (Lipinski definition) is 1. The zero-order valence-corrected chi connectivity index (χ0v) is 7.99. The molecule has 1 N–H and O–H groups in total. The summed E-state index contributed by atoms with van der Waals surface area (Å²) in [5.41, 5.74) is 0.549. The molecule has 4 heteroatoms. The van der Waals surface area contributed by atoms with Crippen LogP contribution in [0.4, 0.5) is 0 Å². The van der Waals surface area contributed by atoms with Gasteiger partial charge in [-0.25, -0.2) is 0 Å². The second kappa shape index (κ2) is 3.05. The molecule has 1 aromatic carbocycles. The van der Waals surface area contributed by atoms with Gasteiger partial charge in [0, 0.05) is 11.6 Å². The van der Waals surface area contributed by atoms with Crippen LogP contribution in [0.3, 0.4) is 0 Å². The van der Waals surface area contributed by atoms with Crippen LogP contribution in [0.2, 0.25) is 10.0 Å². The van der Waals surface area contributed by atoms with E-state index in [2.05, 4.69) is 4.98 Å². The molecule has 0 aliphatic rings. The van der Waals surface area contributed by atoms with E-state index in [9.17, 15) is 4.79 Å². The normalized spacial score (nSPS) is 10.6. The third-order valence-corrected chi connectivity index (χ3v) is 2.49.